The van der Waals surface area contributed by atoms with Gasteiger partial charge in [0.05, 0.1) is 16.0 Å². The maximum absolute atomic E-state index is 14.0. The number of Topliss-reactive ketones (excluding diaryl/α,β-unsaturated/α-hetero) is 1. The lowest BCUT2D eigenvalue weighted by Crippen LogP contribution is -2.23. The predicted octanol–water partition coefficient (Wildman–Crippen LogP) is 10.4. The second-order valence-corrected chi connectivity index (χ2v) is 16.4. The molecule has 9 heteroatoms. The molecule has 2 atom stereocenters. The zero-order valence-corrected chi connectivity index (χ0v) is 31.7. The Morgan fingerprint density at radius 1 is 0.922 bits per heavy atom. The number of halogens is 1. The molecular weight excluding hydrogens is 680 g/mol. The Morgan fingerprint density at radius 3 is 2.14 bits per heavy atom. The van der Waals surface area contributed by atoms with E-state index < -0.39 is 21.8 Å². The molecule has 4 aromatic rings. The fraction of sp³-hybridized carbons (Fsp3) is 0.333. The molecule has 0 fully saturated rings. The highest BCUT2D eigenvalue weighted by atomic mass is 35.5. The molecule has 0 aromatic heterocycles. The summed E-state index contributed by atoms with van der Waals surface area (Å²) in [6.07, 6.45) is 6.00. The molecule has 4 aromatic carbocycles. The zero-order chi connectivity index (χ0) is 36.1. The SMILES string of the molecule is Cc1cc(Cl)ccc1-c1ccc(NC(=O)[C@@H](Cc2ccc(C(=O)CCCS(=O)(=O)[O-])cc2)c2ccc(C3=CC[C@H](C(C)(C)C)CC3)cc2)cc1.[NH4+]. The second-order valence-electron chi connectivity index (χ2n) is 14.5. The Hall–Kier alpha value is -4.08. The number of allylic oxidation sites excluding steroid dienone is 2. The first-order valence-corrected chi connectivity index (χ1v) is 19.1. The number of quaternary nitrogens is 1. The van der Waals surface area contributed by atoms with Crippen LogP contribution in [0.4, 0.5) is 5.69 Å². The first kappa shape index (κ1) is 39.7. The van der Waals surface area contributed by atoms with Crippen molar-refractivity contribution >= 4 is 44.7 Å². The largest absolute Gasteiger partial charge is 0.748 e. The van der Waals surface area contributed by atoms with Crippen LogP contribution in [0.3, 0.4) is 0 Å². The molecule has 0 unspecified atom stereocenters. The van der Waals surface area contributed by atoms with E-state index in [1.807, 2.05) is 73.7 Å². The number of carbonyl (C=O) groups is 2. The van der Waals surface area contributed by atoms with Crippen LogP contribution in [-0.4, -0.2) is 30.4 Å². The lowest BCUT2D eigenvalue weighted by Gasteiger charge is -2.33. The van der Waals surface area contributed by atoms with Crippen molar-refractivity contribution in [2.75, 3.05) is 11.1 Å². The normalized spacial score (nSPS) is 15.3. The third-order valence-corrected chi connectivity index (χ3v) is 10.8. The topological polar surface area (TPSA) is 140 Å². The third kappa shape index (κ3) is 11.0. The number of anilines is 1. The highest BCUT2D eigenvalue weighted by Gasteiger charge is 2.27. The number of nitrogens with one attached hydrogen (secondary N) is 1. The van der Waals surface area contributed by atoms with Crippen LogP contribution in [0.5, 0.6) is 0 Å². The number of aryl methyl sites for hydroxylation is 1. The molecule has 0 heterocycles. The lowest BCUT2D eigenvalue weighted by atomic mass is 9.72. The lowest BCUT2D eigenvalue weighted by molar-refractivity contribution is -0.117. The Bertz CT molecular complexity index is 1960. The third-order valence-electron chi connectivity index (χ3n) is 9.80. The van der Waals surface area contributed by atoms with E-state index in [0.717, 1.165) is 47.1 Å². The van der Waals surface area contributed by atoms with Crippen LogP contribution < -0.4 is 11.5 Å². The second kappa shape index (κ2) is 17.0. The van der Waals surface area contributed by atoms with Gasteiger partial charge in [-0.25, -0.2) is 8.42 Å². The van der Waals surface area contributed by atoms with E-state index in [4.69, 9.17) is 11.6 Å². The molecule has 5 rings (SSSR count). The summed E-state index contributed by atoms with van der Waals surface area (Å²) in [6.45, 7) is 8.94. The van der Waals surface area contributed by atoms with Crippen molar-refractivity contribution in [1.29, 1.82) is 0 Å². The summed E-state index contributed by atoms with van der Waals surface area (Å²) in [5.74, 6) is -0.773. The van der Waals surface area contributed by atoms with Crippen molar-refractivity contribution in [3.63, 3.8) is 0 Å². The van der Waals surface area contributed by atoms with Crippen molar-refractivity contribution in [2.24, 2.45) is 11.3 Å². The van der Waals surface area contributed by atoms with Gasteiger partial charge in [0.2, 0.25) is 5.91 Å². The van der Waals surface area contributed by atoms with E-state index in [9.17, 15) is 22.6 Å². The highest BCUT2D eigenvalue weighted by Crippen LogP contribution is 2.40. The highest BCUT2D eigenvalue weighted by molar-refractivity contribution is 7.85. The quantitative estimate of drug-likeness (QED) is 0.110. The monoisotopic (exact) mass is 728 g/mol. The van der Waals surface area contributed by atoms with E-state index in [-0.39, 0.29) is 36.1 Å². The molecule has 270 valence electrons. The molecule has 1 aliphatic carbocycles. The average molecular weight is 729 g/mol. The van der Waals surface area contributed by atoms with Gasteiger partial charge in [-0.2, -0.15) is 0 Å². The predicted molar refractivity (Wildman–Crippen MR) is 208 cm³/mol. The summed E-state index contributed by atoms with van der Waals surface area (Å²) in [5.41, 5.74) is 8.88. The molecular formula is C42H49ClN2O5S. The first-order valence-electron chi connectivity index (χ1n) is 17.2. The van der Waals surface area contributed by atoms with Crippen LogP contribution >= 0.6 is 11.6 Å². The smallest absolute Gasteiger partial charge is 0.232 e. The Kier molecular flexibility index (Phi) is 13.2. The number of ketones is 1. The Morgan fingerprint density at radius 2 is 1.57 bits per heavy atom. The molecule has 51 heavy (non-hydrogen) atoms. The number of hydrogen-bond acceptors (Lipinski definition) is 5. The van der Waals surface area contributed by atoms with E-state index in [0.29, 0.717) is 28.6 Å². The van der Waals surface area contributed by atoms with Gasteiger partial charge in [-0.1, -0.05) is 105 Å². The van der Waals surface area contributed by atoms with Gasteiger partial charge in [-0.3, -0.25) is 9.59 Å². The summed E-state index contributed by atoms with van der Waals surface area (Å²) in [5, 5.41) is 3.81. The summed E-state index contributed by atoms with van der Waals surface area (Å²) in [4.78, 5) is 26.6. The molecule has 0 saturated heterocycles. The number of carbonyl (C=O) groups excluding carboxylic acids is 2. The zero-order valence-electron chi connectivity index (χ0n) is 30.2. The summed E-state index contributed by atoms with van der Waals surface area (Å²) in [6, 6.07) is 28.9. The molecule has 1 amide bonds. The first-order chi connectivity index (χ1) is 23.7. The van der Waals surface area contributed by atoms with Gasteiger partial charge in [0.25, 0.3) is 0 Å². The summed E-state index contributed by atoms with van der Waals surface area (Å²) < 4.78 is 32.8. The maximum Gasteiger partial charge on any atom is 0.232 e. The van der Waals surface area contributed by atoms with Gasteiger partial charge < -0.3 is 16.0 Å². The van der Waals surface area contributed by atoms with Gasteiger partial charge in [0, 0.05) is 28.4 Å². The average Bonchev–Trinajstić information content (AvgIpc) is 3.07. The minimum atomic E-state index is -4.36. The van der Waals surface area contributed by atoms with E-state index in [2.05, 4.69) is 44.3 Å². The van der Waals surface area contributed by atoms with E-state index in [1.165, 1.54) is 11.1 Å². The van der Waals surface area contributed by atoms with Gasteiger partial charge in [-0.05, 0) is 114 Å². The number of amides is 1. The van der Waals surface area contributed by atoms with Gasteiger partial charge >= 0.3 is 0 Å². The number of hydrogen-bond donors (Lipinski definition) is 2. The molecule has 1 aliphatic rings. The van der Waals surface area contributed by atoms with Crippen molar-refractivity contribution in [2.45, 2.75) is 72.1 Å². The van der Waals surface area contributed by atoms with Crippen molar-refractivity contribution in [3.8, 4) is 11.1 Å². The van der Waals surface area contributed by atoms with Crippen LogP contribution in [-0.2, 0) is 21.3 Å². The minimum Gasteiger partial charge on any atom is -0.748 e. The van der Waals surface area contributed by atoms with E-state index >= 15 is 0 Å². The van der Waals surface area contributed by atoms with Crippen molar-refractivity contribution in [3.05, 3.63) is 130 Å². The number of rotatable bonds is 12. The van der Waals surface area contributed by atoms with E-state index in [1.54, 1.807) is 12.1 Å². The van der Waals surface area contributed by atoms with Crippen molar-refractivity contribution < 1.29 is 22.6 Å². The maximum atomic E-state index is 14.0. The van der Waals surface area contributed by atoms with Gasteiger partial charge in [0.15, 0.2) is 5.78 Å². The fourth-order valence-electron chi connectivity index (χ4n) is 6.70. The van der Waals surface area contributed by atoms with Crippen LogP contribution in [0, 0.1) is 18.3 Å². The molecule has 0 saturated carbocycles. The Balaban J connectivity index is 0.00000583. The van der Waals surface area contributed by atoms with Gasteiger partial charge in [-0.15, -0.1) is 0 Å². The molecule has 7 nitrogen and oxygen atoms in total. The molecule has 5 N–H and O–H groups in total. The number of benzene rings is 4. The van der Waals surface area contributed by atoms with Crippen LogP contribution in [0.15, 0.2) is 97.1 Å². The fourth-order valence-corrected chi connectivity index (χ4v) is 7.43. The van der Waals surface area contributed by atoms with Crippen LogP contribution in [0.2, 0.25) is 5.02 Å². The van der Waals surface area contributed by atoms with Crippen molar-refractivity contribution in [1.82, 2.24) is 6.15 Å². The summed E-state index contributed by atoms with van der Waals surface area (Å²) in [7, 11) is -4.36. The molecule has 0 aliphatic heterocycles. The standard InChI is InChI=1S/C42H46ClNO5S.H3N/c1-28-26-36(43)21-24-38(28)32-17-22-37(23-18-32)44-41(46)39(27-29-7-9-34(10-8-29)40(45)6-5-25-50(47,48)49)33-13-11-30(12-14-33)31-15-19-35(20-16-31)42(2,3)4;/h7-15,17-18,21-24,26,35,39H,5-6,16,19-20,25,27H2,1-4H3,(H,44,46)(H,47,48,49);1H3/t35-,39-;/m0./s1. The van der Waals surface area contributed by atoms with Crippen LogP contribution in [0.1, 0.15) is 91.4 Å². The minimum absolute atomic E-state index is 0. The van der Waals surface area contributed by atoms with Gasteiger partial charge in [0.1, 0.15) is 0 Å². The molecule has 0 spiro atoms. The summed E-state index contributed by atoms with van der Waals surface area (Å²) >= 11 is 6.15. The van der Waals surface area contributed by atoms with Crippen LogP contribution in [0.25, 0.3) is 16.7 Å². The molecule has 0 bridgehead atoms. The molecule has 0 radical (unpaired) electrons. The Labute approximate surface area is 307 Å².